The lowest BCUT2D eigenvalue weighted by molar-refractivity contribution is 0.0722. The fourth-order valence-electron chi connectivity index (χ4n) is 5.99. The quantitative estimate of drug-likeness (QED) is 0.189. The molecule has 7 heteroatoms. The maximum atomic E-state index is 14.8. The summed E-state index contributed by atoms with van der Waals surface area (Å²) in [6, 6.07) is 15.6. The number of aryl methyl sites for hydroxylation is 2. The van der Waals surface area contributed by atoms with E-state index in [1.54, 1.807) is 6.08 Å². The van der Waals surface area contributed by atoms with Crippen molar-refractivity contribution in [2.45, 2.75) is 66.2 Å². The first-order valence-electron chi connectivity index (χ1n) is 15.4. The third-order valence-electron chi connectivity index (χ3n) is 8.15. The molecule has 3 heterocycles. The van der Waals surface area contributed by atoms with Crippen LogP contribution >= 0.6 is 22.9 Å². The molecule has 0 N–H and O–H groups in total. The van der Waals surface area contributed by atoms with Gasteiger partial charge in [0, 0.05) is 29.4 Å². The van der Waals surface area contributed by atoms with E-state index in [-0.39, 0.29) is 17.4 Å². The monoisotopic (exact) mass is 613 g/mol. The van der Waals surface area contributed by atoms with Crippen LogP contribution < -0.4 is 5.56 Å². The Bertz CT molecular complexity index is 1670. The van der Waals surface area contributed by atoms with Crippen molar-refractivity contribution < 1.29 is 4.79 Å². The Balaban J connectivity index is 1.84. The lowest BCUT2D eigenvalue weighted by Gasteiger charge is -2.29. The van der Waals surface area contributed by atoms with Crippen molar-refractivity contribution in [1.29, 1.82) is 0 Å². The number of piperidine rings is 1. The van der Waals surface area contributed by atoms with Gasteiger partial charge in [-0.1, -0.05) is 76.2 Å². The van der Waals surface area contributed by atoms with Crippen LogP contribution in [0.3, 0.4) is 0 Å². The number of hydrogen-bond acceptors (Lipinski definition) is 4. The van der Waals surface area contributed by atoms with E-state index in [9.17, 15) is 9.59 Å². The van der Waals surface area contributed by atoms with Crippen molar-refractivity contribution >= 4 is 34.9 Å². The Morgan fingerprint density at radius 1 is 1.05 bits per heavy atom. The van der Waals surface area contributed by atoms with Crippen LogP contribution in [0.4, 0.5) is 0 Å². The third-order valence-corrected chi connectivity index (χ3v) is 9.49. The number of carbonyl (C=O) groups is 1. The minimum atomic E-state index is -0.145. The topological polar surface area (TPSA) is 55.2 Å². The number of carbonyl (C=O) groups excluding carboxylic acids is 1. The largest absolute Gasteiger partial charge is 0.339 e. The SMILES string of the molecule is C=Cc1sc(-c2cc(C(=O)N3CCCCC3)c(CC(C)C)n(-c3c(CC)cccc3CC)c2=O)nc1-c1ccc(Cl)cc1. The zero-order valence-electron chi connectivity index (χ0n) is 25.6. The summed E-state index contributed by atoms with van der Waals surface area (Å²) in [5.74, 6) is 0.239. The molecule has 0 radical (unpaired) electrons. The number of pyridine rings is 1. The van der Waals surface area contributed by atoms with Gasteiger partial charge >= 0.3 is 0 Å². The lowest BCUT2D eigenvalue weighted by atomic mass is 9.96. The van der Waals surface area contributed by atoms with E-state index in [4.69, 9.17) is 16.6 Å². The fourth-order valence-corrected chi connectivity index (χ4v) is 7.06. The highest BCUT2D eigenvalue weighted by Crippen LogP contribution is 2.36. The highest BCUT2D eigenvalue weighted by molar-refractivity contribution is 7.16. The van der Waals surface area contributed by atoms with Gasteiger partial charge in [-0.25, -0.2) is 4.98 Å². The van der Waals surface area contributed by atoms with E-state index in [0.29, 0.717) is 27.6 Å². The van der Waals surface area contributed by atoms with Gasteiger partial charge in [-0.3, -0.25) is 14.2 Å². The smallest absolute Gasteiger partial charge is 0.265 e. The zero-order chi connectivity index (χ0) is 30.7. The summed E-state index contributed by atoms with van der Waals surface area (Å²) in [5.41, 5.74) is 6.41. The van der Waals surface area contributed by atoms with Gasteiger partial charge in [0.05, 0.1) is 27.4 Å². The molecule has 0 atom stereocenters. The summed E-state index contributed by atoms with van der Waals surface area (Å²) >= 11 is 7.59. The molecule has 224 valence electrons. The van der Waals surface area contributed by atoms with Crippen LogP contribution in [0.1, 0.15) is 79.0 Å². The first-order chi connectivity index (χ1) is 20.8. The summed E-state index contributed by atoms with van der Waals surface area (Å²) in [5, 5.41) is 1.22. The average Bonchev–Trinajstić information content (AvgIpc) is 3.45. The van der Waals surface area contributed by atoms with Gasteiger partial charge in [0.1, 0.15) is 5.01 Å². The van der Waals surface area contributed by atoms with Crippen molar-refractivity contribution in [1.82, 2.24) is 14.5 Å². The zero-order valence-corrected chi connectivity index (χ0v) is 27.2. The Kier molecular flexibility index (Phi) is 9.68. The number of rotatable bonds is 9. The molecule has 1 aliphatic heterocycles. The molecule has 1 fully saturated rings. The van der Waals surface area contributed by atoms with Crippen molar-refractivity contribution in [3.05, 3.63) is 97.7 Å². The van der Waals surface area contributed by atoms with Gasteiger partial charge in [0.25, 0.3) is 11.5 Å². The van der Waals surface area contributed by atoms with E-state index in [1.165, 1.54) is 11.3 Å². The van der Waals surface area contributed by atoms with E-state index < -0.39 is 0 Å². The van der Waals surface area contributed by atoms with E-state index in [0.717, 1.165) is 83.8 Å². The van der Waals surface area contributed by atoms with Crippen molar-refractivity contribution in [2.75, 3.05) is 13.1 Å². The number of hydrogen-bond donors (Lipinski definition) is 0. The number of nitrogens with zero attached hydrogens (tertiary/aromatic N) is 3. The van der Waals surface area contributed by atoms with Crippen LogP contribution in [0.2, 0.25) is 5.02 Å². The van der Waals surface area contributed by atoms with Gasteiger partial charge in [0.15, 0.2) is 0 Å². The second-order valence-corrected chi connectivity index (χ2v) is 13.1. The van der Waals surface area contributed by atoms with Crippen LogP contribution in [-0.2, 0) is 19.3 Å². The van der Waals surface area contributed by atoms with Crippen LogP contribution in [0.5, 0.6) is 0 Å². The summed E-state index contributed by atoms with van der Waals surface area (Å²) in [6.45, 7) is 14.0. The summed E-state index contributed by atoms with van der Waals surface area (Å²) in [6.07, 6.45) is 7.06. The first-order valence-corrected chi connectivity index (χ1v) is 16.6. The molecule has 0 spiro atoms. The van der Waals surface area contributed by atoms with Crippen LogP contribution in [0.15, 0.2) is 59.9 Å². The molecule has 1 amide bonds. The second kappa shape index (κ2) is 13.4. The Morgan fingerprint density at radius 2 is 1.70 bits per heavy atom. The van der Waals surface area contributed by atoms with E-state index >= 15 is 0 Å². The van der Waals surface area contributed by atoms with Crippen LogP contribution in [0.25, 0.3) is 33.6 Å². The normalized spacial score (nSPS) is 13.5. The molecular weight excluding hydrogens is 574 g/mol. The van der Waals surface area contributed by atoms with Crippen LogP contribution in [0, 0.1) is 5.92 Å². The standard InChI is InChI=1S/C36H40ClN3O2S/c1-6-24-13-12-14-25(7-2)33(24)40-30(21-23(4)5)28(35(41)39-19-10-9-11-20-39)22-29(36(40)42)34-38-32(31(8-3)43-34)26-15-17-27(37)18-16-26/h8,12-18,22-23H,3,6-7,9-11,19-21H2,1-2,4-5H3. The number of benzene rings is 2. The summed E-state index contributed by atoms with van der Waals surface area (Å²) in [4.78, 5) is 37.0. The Labute approximate surface area is 263 Å². The minimum Gasteiger partial charge on any atom is -0.339 e. The molecule has 0 unspecified atom stereocenters. The third kappa shape index (κ3) is 6.27. The van der Waals surface area contributed by atoms with Gasteiger partial charge < -0.3 is 4.90 Å². The molecule has 1 saturated heterocycles. The molecule has 5 rings (SSSR count). The molecule has 0 saturated carbocycles. The number of aromatic nitrogens is 2. The molecule has 0 bridgehead atoms. The van der Waals surface area contributed by atoms with E-state index in [2.05, 4.69) is 52.5 Å². The van der Waals surface area contributed by atoms with Gasteiger partial charge in [-0.05, 0) is 79.8 Å². The molecule has 2 aromatic heterocycles. The molecule has 1 aliphatic rings. The molecular formula is C36H40ClN3O2S. The lowest BCUT2D eigenvalue weighted by Crippen LogP contribution is -2.38. The number of likely N-dealkylation sites (tertiary alicyclic amines) is 1. The van der Waals surface area contributed by atoms with Gasteiger partial charge in [-0.15, -0.1) is 11.3 Å². The fraction of sp³-hybridized carbons (Fsp3) is 0.361. The molecule has 4 aromatic rings. The highest BCUT2D eigenvalue weighted by atomic mass is 35.5. The molecule has 0 aliphatic carbocycles. The molecule has 43 heavy (non-hydrogen) atoms. The molecule has 2 aromatic carbocycles. The number of thiazole rings is 1. The van der Waals surface area contributed by atoms with Crippen molar-refractivity contribution in [3.63, 3.8) is 0 Å². The maximum absolute atomic E-state index is 14.8. The predicted molar refractivity (Wildman–Crippen MR) is 181 cm³/mol. The molecule has 5 nitrogen and oxygen atoms in total. The highest BCUT2D eigenvalue weighted by Gasteiger charge is 2.29. The number of halogens is 1. The Morgan fingerprint density at radius 3 is 2.28 bits per heavy atom. The second-order valence-electron chi connectivity index (χ2n) is 11.6. The average molecular weight is 614 g/mol. The van der Waals surface area contributed by atoms with Crippen molar-refractivity contribution in [3.8, 4) is 27.5 Å². The predicted octanol–water partition coefficient (Wildman–Crippen LogP) is 8.87. The van der Waals surface area contributed by atoms with Gasteiger partial charge in [-0.2, -0.15) is 0 Å². The van der Waals surface area contributed by atoms with E-state index in [1.807, 2.05) is 39.8 Å². The summed E-state index contributed by atoms with van der Waals surface area (Å²) in [7, 11) is 0. The maximum Gasteiger partial charge on any atom is 0.265 e. The Hall–Kier alpha value is -3.48. The first kappa shape index (κ1) is 31.0. The summed E-state index contributed by atoms with van der Waals surface area (Å²) < 4.78 is 1.86. The van der Waals surface area contributed by atoms with Crippen LogP contribution in [-0.4, -0.2) is 33.4 Å². The van der Waals surface area contributed by atoms with Crippen molar-refractivity contribution in [2.24, 2.45) is 5.92 Å². The number of amides is 1. The van der Waals surface area contributed by atoms with Gasteiger partial charge in [0.2, 0.25) is 0 Å². The minimum absolute atomic E-state index is 0.00389. The number of para-hydroxylation sites is 1.